The molecule has 0 amide bonds. The SMILES string of the molecule is N[C@H](CC1CC1)c1ccc(OC(F)(F)F)c(Cl)c1. The van der Waals surface area contributed by atoms with Crippen molar-refractivity contribution < 1.29 is 17.9 Å². The van der Waals surface area contributed by atoms with Crippen molar-refractivity contribution in [2.75, 3.05) is 0 Å². The van der Waals surface area contributed by atoms with Crippen molar-refractivity contribution in [3.8, 4) is 5.75 Å². The van der Waals surface area contributed by atoms with Gasteiger partial charge in [0.2, 0.25) is 0 Å². The lowest BCUT2D eigenvalue weighted by molar-refractivity contribution is -0.274. The second-order valence-electron chi connectivity index (χ2n) is 4.52. The zero-order valence-corrected chi connectivity index (χ0v) is 10.3. The molecule has 100 valence electrons. The van der Waals surface area contributed by atoms with Crippen LogP contribution in [0.4, 0.5) is 13.2 Å². The number of hydrogen-bond acceptors (Lipinski definition) is 2. The summed E-state index contributed by atoms with van der Waals surface area (Å²) >= 11 is 5.75. The molecule has 1 saturated carbocycles. The third-order valence-electron chi connectivity index (χ3n) is 2.89. The molecule has 0 unspecified atom stereocenters. The van der Waals surface area contributed by atoms with Crippen molar-refractivity contribution in [1.29, 1.82) is 0 Å². The number of rotatable bonds is 4. The summed E-state index contributed by atoms with van der Waals surface area (Å²) in [6.45, 7) is 0. The molecule has 2 rings (SSSR count). The van der Waals surface area contributed by atoms with Crippen LogP contribution >= 0.6 is 11.6 Å². The fourth-order valence-corrected chi connectivity index (χ4v) is 2.03. The molecule has 0 aliphatic heterocycles. The predicted molar refractivity (Wildman–Crippen MR) is 62.4 cm³/mol. The molecule has 0 spiro atoms. The molecular weight excluding hydrogens is 267 g/mol. The van der Waals surface area contributed by atoms with Crippen LogP contribution in [0, 0.1) is 5.92 Å². The zero-order valence-electron chi connectivity index (χ0n) is 9.51. The molecule has 0 heterocycles. The number of ether oxygens (including phenoxy) is 1. The minimum Gasteiger partial charge on any atom is -0.404 e. The molecule has 6 heteroatoms. The second kappa shape index (κ2) is 4.97. The van der Waals surface area contributed by atoms with Crippen LogP contribution in [0.15, 0.2) is 18.2 Å². The van der Waals surface area contributed by atoms with Gasteiger partial charge in [0.05, 0.1) is 5.02 Å². The summed E-state index contributed by atoms with van der Waals surface area (Å²) in [5, 5.41) is -0.0731. The average Bonchev–Trinajstić information content (AvgIpc) is 3.03. The number of halogens is 4. The van der Waals surface area contributed by atoms with Crippen LogP contribution in [-0.2, 0) is 0 Å². The Balaban J connectivity index is 2.08. The Morgan fingerprint density at radius 1 is 1.39 bits per heavy atom. The summed E-state index contributed by atoms with van der Waals surface area (Å²) < 4.78 is 40.0. The van der Waals surface area contributed by atoms with Crippen molar-refractivity contribution in [2.24, 2.45) is 11.7 Å². The highest BCUT2D eigenvalue weighted by Gasteiger charge is 2.32. The summed E-state index contributed by atoms with van der Waals surface area (Å²) in [7, 11) is 0. The molecule has 1 aromatic carbocycles. The van der Waals surface area contributed by atoms with Gasteiger partial charge in [0.25, 0.3) is 0 Å². The first-order valence-electron chi connectivity index (χ1n) is 5.66. The lowest BCUT2D eigenvalue weighted by Crippen LogP contribution is -2.17. The highest BCUT2D eigenvalue weighted by atomic mass is 35.5. The molecule has 2 N–H and O–H groups in total. The highest BCUT2D eigenvalue weighted by Crippen LogP contribution is 2.38. The lowest BCUT2D eigenvalue weighted by Gasteiger charge is -2.14. The standard InChI is InChI=1S/C12H13ClF3NO/c13-9-6-8(10(17)5-7-1-2-7)3-4-11(9)18-12(14,15)16/h3-4,6-7,10H,1-2,5,17H2/t10-/m1/s1. The fourth-order valence-electron chi connectivity index (χ4n) is 1.80. The average molecular weight is 280 g/mol. The molecule has 0 bridgehead atoms. The first-order valence-corrected chi connectivity index (χ1v) is 6.04. The van der Waals surface area contributed by atoms with Gasteiger partial charge in [0.1, 0.15) is 5.75 Å². The van der Waals surface area contributed by atoms with E-state index in [1.54, 1.807) is 0 Å². The van der Waals surface area contributed by atoms with Crippen LogP contribution in [0.5, 0.6) is 5.75 Å². The first kappa shape index (κ1) is 13.5. The summed E-state index contributed by atoms with van der Waals surface area (Å²) in [6, 6.07) is 3.99. The predicted octanol–water partition coefficient (Wildman–Crippen LogP) is 4.04. The molecule has 0 aromatic heterocycles. The normalized spacial score (nSPS) is 17.6. The largest absolute Gasteiger partial charge is 0.573 e. The molecule has 1 aromatic rings. The Hall–Kier alpha value is -0.940. The molecule has 1 aliphatic rings. The highest BCUT2D eigenvalue weighted by molar-refractivity contribution is 6.32. The number of hydrogen-bond donors (Lipinski definition) is 1. The van der Waals surface area contributed by atoms with E-state index in [-0.39, 0.29) is 11.1 Å². The molecule has 1 atom stereocenters. The minimum absolute atomic E-state index is 0.0731. The topological polar surface area (TPSA) is 35.2 Å². The van der Waals surface area contributed by atoms with Gasteiger partial charge < -0.3 is 10.5 Å². The zero-order chi connectivity index (χ0) is 13.3. The monoisotopic (exact) mass is 279 g/mol. The molecule has 0 saturated heterocycles. The minimum atomic E-state index is -4.73. The van der Waals surface area contributed by atoms with Gasteiger partial charge >= 0.3 is 6.36 Å². The van der Waals surface area contributed by atoms with Crippen molar-refractivity contribution in [3.05, 3.63) is 28.8 Å². The Morgan fingerprint density at radius 2 is 2.06 bits per heavy atom. The van der Waals surface area contributed by atoms with Crippen molar-refractivity contribution >= 4 is 11.6 Å². The van der Waals surface area contributed by atoms with Crippen molar-refractivity contribution in [3.63, 3.8) is 0 Å². The number of nitrogens with two attached hydrogens (primary N) is 1. The van der Waals surface area contributed by atoms with Crippen LogP contribution in [0.3, 0.4) is 0 Å². The third kappa shape index (κ3) is 3.78. The van der Waals surface area contributed by atoms with E-state index in [2.05, 4.69) is 4.74 Å². The van der Waals surface area contributed by atoms with E-state index in [9.17, 15) is 13.2 Å². The third-order valence-corrected chi connectivity index (χ3v) is 3.19. The maximum Gasteiger partial charge on any atom is 0.573 e. The molecule has 18 heavy (non-hydrogen) atoms. The van der Waals surface area contributed by atoms with Gasteiger partial charge in [-0.2, -0.15) is 0 Å². The van der Waals surface area contributed by atoms with Gasteiger partial charge in [-0.05, 0) is 30.0 Å². The molecule has 1 fully saturated rings. The van der Waals surface area contributed by atoms with Gasteiger partial charge in [0.15, 0.2) is 0 Å². The van der Waals surface area contributed by atoms with Gasteiger partial charge in [-0.15, -0.1) is 13.2 Å². The van der Waals surface area contributed by atoms with Crippen LogP contribution in [0.25, 0.3) is 0 Å². The summed E-state index contributed by atoms with van der Waals surface area (Å²) in [4.78, 5) is 0. The quantitative estimate of drug-likeness (QED) is 0.903. The van der Waals surface area contributed by atoms with Gasteiger partial charge in [0, 0.05) is 6.04 Å². The molecule has 2 nitrogen and oxygen atoms in total. The van der Waals surface area contributed by atoms with E-state index in [0.717, 1.165) is 12.0 Å². The van der Waals surface area contributed by atoms with E-state index in [4.69, 9.17) is 17.3 Å². The first-order chi connectivity index (χ1) is 8.35. The van der Waals surface area contributed by atoms with E-state index < -0.39 is 12.1 Å². The Kier molecular flexibility index (Phi) is 3.73. The molecular formula is C12H13ClF3NO. The van der Waals surface area contributed by atoms with Crippen LogP contribution in [0.2, 0.25) is 5.02 Å². The lowest BCUT2D eigenvalue weighted by atomic mass is 10.0. The van der Waals surface area contributed by atoms with Crippen LogP contribution < -0.4 is 10.5 Å². The summed E-state index contributed by atoms with van der Waals surface area (Å²) in [6.07, 6.45) is -1.54. The van der Waals surface area contributed by atoms with Gasteiger partial charge in [-0.3, -0.25) is 0 Å². The van der Waals surface area contributed by atoms with Crippen molar-refractivity contribution in [2.45, 2.75) is 31.7 Å². The maximum absolute atomic E-state index is 12.1. The van der Waals surface area contributed by atoms with Crippen LogP contribution in [0.1, 0.15) is 30.9 Å². The van der Waals surface area contributed by atoms with E-state index in [0.29, 0.717) is 5.92 Å². The number of benzene rings is 1. The Morgan fingerprint density at radius 3 is 2.56 bits per heavy atom. The second-order valence-corrected chi connectivity index (χ2v) is 4.93. The van der Waals surface area contributed by atoms with Gasteiger partial charge in [-0.25, -0.2) is 0 Å². The van der Waals surface area contributed by atoms with Gasteiger partial charge in [-0.1, -0.05) is 30.5 Å². The molecule has 1 aliphatic carbocycles. The fraction of sp³-hybridized carbons (Fsp3) is 0.500. The number of alkyl halides is 3. The Labute approximate surface area is 108 Å². The summed E-state index contributed by atoms with van der Waals surface area (Å²) in [5.41, 5.74) is 6.70. The van der Waals surface area contributed by atoms with E-state index >= 15 is 0 Å². The van der Waals surface area contributed by atoms with E-state index in [1.807, 2.05) is 0 Å². The maximum atomic E-state index is 12.1. The smallest absolute Gasteiger partial charge is 0.404 e. The van der Waals surface area contributed by atoms with Crippen molar-refractivity contribution in [1.82, 2.24) is 0 Å². The Bertz CT molecular complexity index is 432. The van der Waals surface area contributed by atoms with Crippen LogP contribution in [-0.4, -0.2) is 6.36 Å². The molecule has 0 radical (unpaired) electrons. The summed E-state index contributed by atoms with van der Waals surface area (Å²) in [5.74, 6) is 0.247. The van der Waals surface area contributed by atoms with E-state index in [1.165, 1.54) is 31.0 Å².